The fourth-order valence-electron chi connectivity index (χ4n) is 4.55. The van der Waals surface area contributed by atoms with E-state index in [1.54, 1.807) is 29.2 Å². The van der Waals surface area contributed by atoms with Gasteiger partial charge in [0.25, 0.3) is 5.91 Å². The van der Waals surface area contributed by atoms with Crippen LogP contribution in [0.1, 0.15) is 33.2 Å². The Labute approximate surface area is 172 Å². The number of aromatic nitrogens is 1. The van der Waals surface area contributed by atoms with Crippen LogP contribution in [0.5, 0.6) is 0 Å². The number of piperazine rings is 1. The number of esters is 1. The molecule has 2 amide bonds. The molecular formula is C22H20N4O4. The molecule has 0 aliphatic carbocycles. The molecule has 1 fully saturated rings. The Morgan fingerprint density at radius 2 is 1.87 bits per heavy atom. The summed E-state index contributed by atoms with van der Waals surface area (Å²) in [5, 5.41) is 2.03. The highest BCUT2D eigenvalue weighted by molar-refractivity contribution is 5.97. The number of rotatable bonds is 2. The van der Waals surface area contributed by atoms with Gasteiger partial charge in [0.1, 0.15) is 12.6 Å². The smallest absolute Gasteiger partial charge is 0.337 e. The largest absolute Gasteiger partial charge is 0.465 e. The molecule has 1 unspecified atom stereocenters. The van der Waals surface area contributed by atoms with E-state index in [9.17, 15) is 14.4 Å². The number of hydrazine groups is 1. The van der Waals surface area contributed by atoms with Crippen LogP contribution in [0.15, 0.2) is 48.5 Å². The average molecular weight is 404 g/mol. The zero-order valence-electron chi connectivity index (χ0n) is 16.3. The van der Waals surface area contributed by atoms with Crippen LogP contribution in [0.25, 0.3) is 10.9 Å². The van der Waals surface area contributed by atoms with Crippen molar-refractivity contribution in [2.75, 3.05) is 13.7 Å². The molecule has 2 aliphatic heterocycles. The van der Waals surface area contributed by atoms with Crippen molar-refractivity contribution in [2.45, 2.75) is 18.5 Å². The van der Waals surface area contributed by atoms with Gasteiger partial charge in [-0.3, -0.25) is 14.6 Å². The standard InChI is InChI=1S/C22H20N4O4/c1-30-22(29)13-8-6-12(7-9-13)20-19-15(14-4-2-3-5-16(14)24-19)10-17-21(28)25(23)11-18(27)26(17)20/h2-9,17,20,24H,10-11,23H2,1H3/t17-,20?/m0/s1. The fourth-order valence-corrected chi connectivity index (χ4v) is 4.55. The minimum atomic E-state index is -0.673. The van der Waals surface area contributed by atoms with Crippen LogP contribution in [0, 0.1) is 0 Å². The Morgan fingerprint density at radius 3 is 2.60 bits per heavy atom. The summed E-state index contributed by atoms with van der Waals surface area (Å²) in [4.78, 5) is 42.7. The number of aromatic amines is 1. The van der Waals surface area contributed by atoms with Crippen molar-refractivity contribution in [1.29, 1.82) is 0 Å². The van der Waals surface area contributed by atoms with Gasteiger partial charge in [-0.1, -0.05) is 30.3 Å². The van der Waals surface area contributed by atoms with E-state index in [-0.39, 0.29) is 18.4 Å². The third-order valence-corrected chi connectivity index (χ3v) is 5.94. The van der Waals surface area contributed by atoms with E-state index >= 15 is 0 Å². The third kappa shape index (κ3) is 2.61. The number of amides is 2. The Morgan fingerprint density at radius 1 is 1.13 bits per heavy atom. The van der Waals surface area contributed by atoms with Crippen molar-refractivity contribution in [1.82, 2.24) is 14.9 Å². The molecule has 1 aromatic heterocycles. The molecule has 2 aromatic carbocycles. The molecule has 30 heavy (non-hydrogen) atoms. The first-order valence-corrected chi connectivity index (χ1v) is 9.64. The van der Waals surface area contributed by atoms with Gasteiger partial charge in [0.15, 0.2) is 0 Å². The predicted octanol–water partition coefficient (Wildman–Crippen LogP) is 1.51. The Bertz CT molecular complexity index is 1180. The molecular weight excluding hydrogens is 384 g/mol. The van der Waals surface area contributed by atoms with Crippen LogP contribution in [-0.2, 0) is 20.7 Å². The second-order valence-corrected chi connectivity index (χ2v) is 7.57. The number of nitrogens with zero attached hydrogens (tertiary/aromatic N) is 2. The Balaban J connectivity index is 1.70. The number of hydrogen-bond donors (Lipinski definition) is 2. The van der Waals surface area contributed by atoms with E-state index in [0.717, 1.165) is 32.7 Å². The summed E-state index contributed by atoms with van der Waals surface area (Å²) in [7, 11) is 1.33. The quantitative estimate of drug-likeness (QED) is 0.382. The normalized spacial score (nSPS) is 20.9. The van der Waals surface area contributed by atoms with Crippen molar-refractivity contribution >= 4 is 28.7 Å². The number of nitrogens with one attached hydrogen (secondary N) is 1. The molecule has 5 rings (SSSR count). The number of carbonyl (C=O) groups excluding carboxylic acids is 3. The first-order chi connectivity index (χ1) is 14.5. The lowest BCUT2D eigenvalue weighted by Gasteiger charge is -2.46. The summed E-state index contributed by atoms with van der Waals surface area (Å²) in [6.07, 6.45) is 0.397. The predicted molar refractivity (Wildman–Crippen MR) is 108 cm³/mol. The molecule has 1 saturated heterocycles. The Hall–Kier alpha value is -3.65. The molecule has 3 aromatic rings. The molecule has 0 spiro atoms. The number of para-hydroxylation sites is 1. The number of benzene rings is 2. The molecule has 0 radical (unpaired) electrons. The molecule has 152 valence electrons. The lowest BCUT2D eigenvalue weighted by molar-refractivity contribution is -0.158. The first kappa shape index (κ1) is 18.4. The number of carbonyl (C=O) groups is 3. The van der Waals surface area contributed by atoms with Crippen molar-refractivity contribution in [2.24, 2.45) is 5.84 Å². The number of nitrogens with two attached hydrogens (primary N) is 1. The summed E-state index contributed by atoms with van der Waals surface area (Å²) >= 11 is 0. The van der Waals surface area contributed by atoms with Crippen LogP contribution < -0.4 is 5.84 Å². The highest BCUT2D eigenvalue weighted by Crippen LogP contribution is 2.42. The second kappa shape index (κ2) is 6.70. The zero-order valence-corrected chi connectivity index (χ0v) is 16.3. The van der Waals surface area contributed by atoms with Gasteiger partial charge in [-0.05, 0) is 29.3 Å². The zero-order chi connectivity index (χ0) is 21.0. The summed E-state index contributed by atoms with van der Waals surface area (Å²) in [6.45, 7) is -0.165. The Kier molecular flexibility index (Phi) is 4.11. The van der Waals surface area contributed by atoms with E-state index in [1.807, 2.05) is 24.3 Å². The van der Waals surface area contributed by atoms with Crippen LogP contribution in [0.3, 0.4) is 0 Å². The van der Waals surface area contributed by atoms with Crippen molar-refractivity contribution in [3.63, 3.8) is 0 Å². The lowest BCUT2D eigenvalue weighted by Crippen LogP contribution is -2.64. The molecule has 2 atom stereocenters. The highest BCUT2D eigenvalue weighted by Gasteiger charge is 2.47. The van der Waals surface area contributed by atoms with Crippen molar-refractivity contribution in [3.8, 4) is 0 Å². The van der Waals surface area contributed by atoms with Gasteiger partial charge in [-0.25, -0.2) is 10.6 Å². The number of hydrogen-bond acceptors (Lipinski definition) is 5. The highest BCUT2D eigenvalue weighted by atomic mass is 16.5. The van der Waals surface area contributed by atoms with Gasteiger partial charge in [0.2, 0.25) is 5.91 Å². The molecule has 8 heteroatoms. The van der Waals surface area contributed by atoms with E-state index in [1.165, 1.54) is 7.11 Å². The molecule has 3 N–H and O–H groups in total. The number of H-pyrrole nitrogens is 1. The molecule has 8 nitrogen and oxygen atoms in total. The van der Waals surface area contributed by atoms with Gasteiger partial charge in [-0.2, -0.15) is 0 Å². The van der Waals surface area contributed by atoms with E-state index in [2.05, 4.69) is 4.98 Å². The number of fused-ring (bicyclic) bond motifs is 4. The topological polar surface area (TPSA) is 109 Å². The van der Waals surface area contributed by atoms with Gasteiger partial charge >= 0.3 is 5.97 Å². The van der Waals surface area contributed by atoms with Crippen LogP contribution >= 0.6 is 0 Å². The minimum Gasteiger partial charge on any atom is -0.465 e. The summed E-state index contributed by atoms with van der Waals surface area (Å²) in [5.41, 5.74) is 4.05. The minimum absolute atomic E-state index is 0.165. The lowest BCUT2D eigenvalue weighted by atomic mass is 9.86. The number of ether oxygens (including phenoxy) is 1. The monoisotopic (exact) mass is 404 g/mol. The maximum absolute atomic E-state index is 13.0. The van der Waals surface area contributed by atoms with Crippen LogP contribution in [0.2, 0.25) is 0 Å². The molecule has 2 aliphatic rings. The average Bonchev–Trinajstić information content (AvgIpc) is 3.14. The molecule has 3 heterocycles. The molecule has 0 saturated carbocycles. The van der Waals surface area contributed by atoms with Crippen LogP contribution in [-0.4, -0.2) is 52.4 Å². The second-order valence-electron chi connectivity index (χ2n) is 7.57. The first-order valence-electron chi connectivity index (χ1n) is 9.64. The summed E-state index contributed by atoms with van der Waals surface area (Å²) in [6, 6.07) is 13.6. The van der Waals surface area contributed by atoms with Gasteiger partial charge in [0, 0.05) is 23.0 Å². The van der Waals surface area contributed by atoms with Gasteiger partial charge < -0.3 is 14.6 Å². The summed E-state index contributed by atoms with van der Waals surface area (Å²) < 4.78 is 4.77. The van der Waals surface area contributed by atoms with E-state index in [4.69, 9.17) is 10.6 Å². The van der Waals surface area contributed by atoms with Crippen molar-refractivity contribution in [3.05, 3.63) is 70.9 Å². The van der Waals surface area contributed by atoms with Crippen LogP contribution in [0.4, 0.5) is 0 Å². The SMILES string of the molecule is COC(=O)c1ccc(C2c3[nH]c4ccccc4c3C[C@H]3C(=O)N(N)CC(=O)N23)cc1. The van der Waals surface area contributed by atoms with Crippen molar-refractivity contribution < 1.29 is 19.1 Å². The maximum Gasteiger partial charge on any atom is 0.337 e. The van der Waals surface area contributed by atoms with E-state index < -0.39 is 18.1 Å². The van der Waals surface area contributed by atoms with Gasteiger partial charge in [-0.15, -0.1) is 0 Å². The fraction of sp³-hybridized carbons (Fsp3) is 0.227. The van der Waals surface area contributed by atoms with E-state index in [0.29, 0.717) is 12.0 Å². The summed E-state index contributed by atoms with van der Waals surface area (Å²) in [5.74, 6) is 4.89. The molecule has 0 bridgehead atoms. The van der Waals surface area contributed by atoms with Gasteiger partial charge in [0.05, 0.1) is 18.7 Å². The maximum atomic E-state index is 13.0. The number of methoxy groups -OCH3 is 1. The third-order valence-electron chi connectivity index (χ3n) is 5.94.